The van der Waals surface area contributed by atoms with Crippen molar-refractivity contribution in [1.29, 1.82) is 0 Å². The number of anilines is 1. The summed E-state index contributed by atoms with van der Waals surface area (Å²) in [6.45, 7) is 2.84. The first kappa shape index (κ1) is 14.6. The zero-order valence-corrected chi connectivity index (χ0v) is 11.4. The third kappa shape index (κ3) is 2.87. The molecule has 1 aliphatic heterocycles. The van der Waals surface area contributed by atoms with Crippen molar-refractivity contribution in [3.63, 3.8) is 0 Å². The van der Waals surface area contributed by atoms with E-state index in [-0.39, 0.29) is 17.8 Å². The molecule has 0 saturated carbocycles. The number of benzene rings is 1. The van der Waals surface area contributed by atoms with Gasteiger partial charge in [0.05, 0.1) is 4.92 Å². The fourth-order valence-electron chi connectivity index (χ4n) is 2.45. The van der Waals surface area contributed by atoms with Crippen LogP contribution in [0.15, 0.2) is 12.1 Å². The number of hydrogen-bond acceptors (Lipinski definition) is 4. The molecule has 0 aromatic heterocycles. The van der Waals surface area contributed by atoms with Gasteiger partial charge in [0.25, 0.3) is 5.69 Å². The van der Waals surface area contributed by atoms with Crippen LogP contribution in [0.2, 0.25) is 0 Å². The Balaban J connectivity index is 2.24. The van der Waals surface area contributed by atoms with Crippen LogP contribution in [-0.2, 0) is 0 Å². The standard InChI is InChI=1S/C13H17F2N3O2/c1-8-7-9(5-6-17(8)2)16-13-11(18(19)20)4-3-10(14)12(13)15/h3-4,8-9,16H,5-7H2,1-2H3. The Kier molecular flexibility index (Phi) is 4.17. The fraction of sp³-hybridized carbons (Fsp3) is 0.538. The molecule has 110 valence electrons. The molecule has 1 saturated heterocycles. The average Bonchev–Trinajstić information content (AvgIpc) is 2.39. The number of likely N-dealkylation sites (tertiary alicyclic amines) is 1. The predicted molar refractivity (Wildman–Crippen MR) is 71.7 cm³/mol. The molecule has 1 aliphatic rings. The highest BCUT2D eigenvalue weighted by Gasteiger charge is 2.27. The van der Waals surface area contributed by atoms with E-state index in [1.54, 1.807) is 0 Å². The second-order valence-electron chi connectivity index (χ2n) is 5.21. The van der Waals surface area contributed by atoms with Crippen molar-refractivity contribution in [2.24, 2.45) is 0 Å². The second kappa shape index (κ2) is 5.70. The zero-order valence-electron chi connectivity index (χ0n) is 11.4. The summed E-state index contributed by atoms with van der Waals surface area (Å²) in [6.07, 6.45) is 1.46. The maximum atomic E-state index is 13.8. The molecule has 5 nitrogen and oxygen atoms in total. The van der Waals surface area contributed by atoms with Gasteiger partial charge >= 0.3 is 0 Å². The van der Waals surface area contributed by atoms with Crippen LogP contribution in [0.5, 0.6) is 0 Å². The number of halogens is 2. The lowest BCUT2D eigenvalue weighted by Crippen LogP contribution is -2.42. The van der Waals surface area contributed by atoms with Gasteiger partial charge in [-0.3, -0.25) is 10.1 Å². The lowest BCUT2D eigenvalue weighted by Gasteiger charge is -2.35. The highest BCUT2D eigenvalue weighted by atomic mass is 19.2. The van der Waals surface area contributed by atoms with Gasteiger partial charge in [-0.1, -0.05) is 0 Å². The molecule has 1 fully saturated rings. The summed E-state index contributed by atoms with van der Waals surface area (Å²) >= 11 is 0. The van der Waals surface area contributed by atoms with Gasteiger partial charge in [0, 0.05) is 24.7 Å². The maximum absolute atomic E-state index is 13.8. The minimum atomic E-state index is -1.19. The molecule has 0 amide bonds. The van der Waals surface area contributed by atoms with Crippen molar-refractivity contribution >= 4 is 11.4 Å². The number of nitro benzene ring substituents is 1. The van der Waals surface area contributed by atoms with E-state index in [4.69, 9.17) is 0 Å². The number of nitrogens with one attached hydrogen (secondary N) is 1. The predicted octanol–water partition coefficient (Wildman–Crippen LogP) is 2.77. The van der Waals surface area contributed by atoms with Gasteiger partial charge in [0.2, 0.25) is 0 Å². The Morgan fingerprint density at radius 2 is 2.15 bits per heavy atom. The molecule has 0 radical (unpaired) electrons. The van der Waals surface area contributed by atoms with E-state index in [2.05, 4.69) is 10.2 Å². The highest BCUT2D eigenvalue weighted by Crippen LogP contribution is 2.31. The summed E-state index contributed by atoms with van der Waals surface area (Å²) in [7, 11) is 1.99. The Hall–Kier alpha value is -1.76. The Bertz CT molecular complexity index is 525. The summed E-state index contributed by atoms with van der Waals surface area (Å²) < 4.78 is 27.1. The van der Waals surface area contributed by atoms with E-state index in [0.29, 0.717) is 0 Å². The van der Waals surface area contributed by atoms with Gasteiger partial charge in [-0.2, -0.15) is 0 Å². The van der Waals surface area contributed by atoms with Crippen molar-refractivity contribution in [2.45, 2.75) is 31.8 Å². The number of piperidine rings is 1. The summed E-state index contributed by atoms with van der Waals surface area (Å²) in [5.41, 5.74) is -0.785. The molecule has 2 rings (SSSR count). The van der Waals surface area contributed by atoms with Gasteiger partial charge in [0.1, 0.15) is 0 Å². The fourth-order valence-corrected chi connectivity index (χ4v) is 2.45. The van der Waals surface area contributed by atoms with E-state index in [9.17, 15) is 18.9 Å². The van der Waals surface area contributed by atoms with Crippen molar-refractivity contribution in [3.05, 3.63) is 33.9 Å². The van der Waals surface area contributed by atoms with E-state index in [0.717, 1.165) is 31.5 Å². The minimum Gasteiger partial charge on any atom is -0.374 e. The molecular weight excluding hydrogens is 268 g/mol. The number of nitro groups is 1. The molecule has 1 aromatic carbocycles. The van der Waals surface area contributed by atoms with Crippen molar-refractivity contribution < 1.29 is 13.7 Å². The number of hydrogen-bond donors (Lipinski definition) is 1. The average molecular weight is 285 g/mol. The quantitative estimate of drug-likeness (QED) is 0.685. The summed E-state index contributed by atoms with van der Waals surface area (Å²) in [4.78, 5) is 12.4. The molecule has 0 bridgehead atoms. The largest absolute Gasteiger partial charge is 0.374 e. The van der Waals surface area contributed by atoms with Gasteiger partial charge < -0.3 is 10.2 Å². The van der Waals surface area contributed by atoms with Gasteiger partial charge in [-0.15, -0.1) is 0 Å². The summed E-state index contributed by atoms with van der Waals surface area (Å²) in [5, 5.41) is 13.7. The maximum Gasteiger partial charge on any atom is 0.295 e. The molecule has 1 heterocycles. The number of rotatable bonds is 3. The lowest BCUT2D eigenvalue weighted by atomic mass is 9.98. The minimum absolute atomic E-state index is 0.101. The third-order valence-corrected chi connectivity index (χ3v) is 3.83. The molecule has 2 atom stereocenters. The van der Waals surface area contributed by atoms with E-state index in [1.165, 1.54) is 0 Å². The molecule has 0 spiro atoms. The van der Waals surface area contributed by atoms with Crippen LogP contribution in [0.1, 0.15) is 19.8 Å². The van der Waals surface area contributed by atoms with Crippen molar-refractivity contribution in [1.82, 2.24) is 4.90 Å². The van der Waals surface area contributed by atoms with Gasteiger partial charge in [-0.25, -0.2) is 8.78 Å². The Labute approximate surface area is 115 Å². The molecule has 0 aliphatic carbocycles. The van der Waals surface area contributed by atoms with E-state index in [1.807, 2.05) is 14.0 Å². The lowest BCUT2D eigenvalue weighted by molar-refractivity contribution is -0.384. The van der Waals surface area contributed by atoms with Crippen LogP contribution in [0, 0.1) is 21.7 Å². The van der Waals surface area contributed by atoms with Crippen LogP contribution in [0.3, 0.4) is 0 Å². The first-order valence-corrected chi connectivity index (χ1v) is 6.49. The SMILES string of the molecule is CC1CC(Nc2c([N+](=O)[O-])ccc(F)c2F)CCN1C. The first-order valence-electron chi connectivity index (χ1n) is 6.49. The van der Waals surface area contributed by atoms with Crippen LogP contribution in [-0.4, -0.2) is 35.5 Å². The Morgan fingerprint density at radius 3 is 2.75 bits per heavy atom. The summed E-state index contributed by atoms with van der Waals surface area (Å²) in [5.74, 6) is -2.27. The van der Waals surface area contributed by atoms with Crippen LogP contribution in [0.25, 0.3) is 0 Å². The van der Waals surface area contributed by atoms with Gasteiger partial charge in [0.15, 0.2) is 17.3 Å². The highest BCUT2D eigenvalue weighted by molar-refractivity contribution is 5.63. The molecule has 7 heteroatoms. The Morgan fingerprint density at radius 1 is 1.45 bits per heavy atom. The normalized spacial score (nSPS) is 23.6. The topological polar surface area (TPSA) is 58.4 Å². The van der Waals surface area contributed by atoms with E-state index >= 15 is 0 Å². The third-order valence-electron chi connectivity index (χ3n) is 3.83. The second-order valence-corrected chi connectivity index (χ2v) is 5.21. The number of nitrogens with zero attached hydrogens (tertiary/aromatic N) is 2. The van der Waals surface area contributed by atoms with Crippen molar-refractivity contribution in [3.8, 4) is 0 Å². The monoisotopic (exact) mass is 285 g/mol. The molecule has 1 N–H and O–H groups in total. The van der Waals surface area contributed by atoms with E-state index < -0.39 is 22.2 Å². The summed E-state index contributed by atoms with van der Waals surface area (Å²) in [6, 6.07) is 1.95. The van der Waals surface area contributed by atoms with Gasteiger partial charge in [-0.05, 0) is 32.9 Å². The molecule has 20 heavy (non-hydrogen) atoms. The molecular formula is C13H17F2N3O2. The molecule has 1 aromatic rings. The first-order chi connectivity index (χ1) is 9.40. The van der Waals surface area contributed by atoms with Crippen LogP contribution < -0.4 is 5.32 Å². The molecule has 2 unspecified atom stereocenters. The van der Waals surface area contributed by atoms with Crippen LogP contribution >= 0.6 is 0 Å². The van der Waals surface area contributed by atoms with Crippen LogP contribution in [0.4, 0.5) is 20.2 Å². The van der Waals surface area contributed by atoms with Crippen molar-refractivity contribution in [2.75, 3.05) is 18.9 Å². The smallest absolute Gasteiger partial charge is 0.295 e. The zero-order chi connectivity index (χ0) is 14.9.